The van der Waals surface area contributed by atoms with Crippen molar-refractivity contribution in [2.45, 2.75) is 19.1 Å². The molecule has 3 nitrogen and oxygen atoms in total. The van der Waals surface area contributed by atoms with Crippen LogP contribution < -0.4 is 10.1 Å². The number of hydrogen-bond donors (Lipinski definition) is 2. The molecule has 4 aromatic rings. The zero-order valence-electron chi connectivity index (χ0n) is 16.5. The van der Waals surface area contributed by atoms with Gasteiger partial charge in [-0.05, 0) is 31.2 Å². The van der Waals surface area contributed by atoms with Crippen LogP contribution in [0.4, 0.5) is 18.9 Å². The summed E-state index contributed by atoms with van der Waals surface area (Å²) in [6, 6.07) is 20.1. The van der Waals surface area contributed by atoms with Crippen molar-refractivity contribution in [1.29, 1.82) is 0 Å². The van der Waals surface area contributed by atoms with Crippen molar-refractivity contribution in [1.82, 2.24) is 4.98 Å². The maximum Gasteiger partial charge on any atom is 0.418 e. The zero-order chi connectivity index (χ0) is 21.3. The largest absolute Gasteiger partial charge is 0.496 e. The molecule has 0 aliphatic rings. The van der Waals surface area contributed by atoms with Crippen LogP contribution in [0.25, 0.3) is 10.9 Å². The molecule has 4 rings (SSSR count). The first-order valence-corrected chi connectivity index (χ1v) is 9.53. The Kier molecular flexibility index (Phi) is 5.16. The van der Waals surface area contributed by atoms with Gasteiger partial charge < -0.3 is 15.0 Å². The van der Waals surface area contributed by atoms with Crippen LogP contribution in [-0.2, 0) is 6.18 Å². The van der Waals surface area contributed by atoms with Crippen LogP contribution >= 0.6 is 0 Å². The van der Waals surface area contributed by atoms with Gasteiger partial charge >= 0.3 is 6.18 Å². The van der Waals surface area contributed by atoms with Crippen LogP contribution in [-0.4, -0.2) is 12.1 Å². The monoisotopic (exact) mass is 410 g/mol. The van der Waals surface area contributed by atoms with Crippen molar-refractivity contribution in [3.8, 4) is 5.75 Å². The lowest BCUT2D eigenvalue weighted by molar-refractivity contribution is -0.137. The third-order valence-corrected chi connectivity index (χ3v) is 5.21. The van der Waals surface area contributed by atoms with E-state index in [0.29, 0.717) is 5.75 Å². The zero-order valence-corrected chi connectivity index (χ0v) is 16.5. The maximum absolute atomic E-state index is 13.7. The number of anilines is 1. The van der Waals surface area contributed by atoms with Gasteiger partial charge in [-0.25, -0.2) is 0 Å². The summed E-state index contributed by atoms with van der Waals surface area (Å²) >= 11 is 0. The number of para-hydroxylation sites is 3. The van der Waals surface area contributed by atoms with Crippen molar-refractivity contribution in [3.05, 3.63) is 95.2 Å². The van der Waals surface area contributed by atoms with Gasteiger partial charge in [0.1, 0.15) is 5.75 Å². The Balaban J connectivity index is 1.93. The van der Waals surface area contributed by atoms with Crippen LogP contribution in [0, 0.1) is 6.92 Å². The Bertz CT molecular complexity index is 1180. The minimum Gasteiger partial charge on any atom is -0.496 e. The van der Waals surface area contributed by atoms with Gasteiger partial charge in [-0.15, -0.1) is 0 Å². The summed E-state index contributed by atoms with van der Waals surface area (Å²) in [6.07, 6.45) is -4.47. The fraction of sp³-hybridized carbons (Fsp3) is 0.167. The lowest BCUT2D eigenvalue weighted by atomic mass is 9.94. The van der Waals surface area contributed by atoms with Crippen molar-refractivity contribution >= 4 is 16.6 Å². The molecule has 30 heavy (non-hydrogen) atoms. The second-order valence-electron chi connectivity index (χ2n) is 7.07. The number of aromatic nitrogens is 1. The van der Waals surface area contributed by atoms with Crippen molar-refractivity contribution in [3.63, 3.8) is 0 Å². The van der Waals surface area contributed by atoms with Gasteiger partial charge in [-0.2, -0.15) is 13.2 Å². The lowest BCUT2D eigenvalue weighted by Crippen LogP contribution is -2.17. The predicted molar refractivity (Wildman–Crippen MR) is 113 cm³/mol. The second-order valence-corrected chi connectivity index (χ2v) is 7.07. The predicted octanol–water partition coefficient (Wildman–Crippen LogP) is 6.71. The summed E-state index contributed by atoms with van der Waals surface area (Å²) in [5, 5.41) is 4.11. The maximum atomic E-state index is 13.7. The van der Waals surface area contributed by atoms with Crippen LogP contribution in [0.5, 0.6) is 5.75 Å². The van der Waals surface area contributed by atoms with E-state index in [1.807, 2.05) is 55.5 Å². The van der Waals surface area contributed by atoms with Crippen LogP contribution in [0.1, 0.15) is 28.4 Å². The number of aromatic amines is 1. The molecule has 3 aromatic carbocycles. The van der Waals surface area contributed by atoms with Crippen LogP contribution in [0.15, 0.2) is 72.8 Å². The number of rotatable bonds is 5. The molecule has 6 heteroatoms. The van der Waals surface area contributed by atoms with E-state index in [1.54, 1.807) is 13.2 Å². The molecule has 1 unspecified atom stereocenters. The third kappa shape index (κ3) is 3.61. The van der Waals surface area contributed by atoms with E-state index in [2.05, 4.69) is 10.3 Å². The Morgan fingerprint density at radius 3 is 2.33 bits per heavy atom. The van der Waals surface area contributed by atoms with Crippen LogP contribution in [0.2, 0.25) is 0 Å². The Morgan fingerprint density at radius 1 is 0.900 bits per heavy atom. The van der Waals surface area contributed by atoms with E-state index >= 15 is 0 Å². The van der Waals surface area contributed by atoms with Crippen molar-refractivity contribution in [2.24, 2.45) is 0 Å². The lowest BCUT2D eigenvalue weighted by Gasteiger charge is -2.25. The van der Waals surface area contributed by atoms with Gasteiger partial charge in [0.05, 0.1) is 18.7 Å². The Hall–Kier alpha value is -3.41. The summed E-state index contributed by atoms with van der Waals surface area (Å²) in [4.78, 5) is 3.34. The quantitative estimate of drug-likeness (QED) is 0.384. The van der Waals surface area contributed by atoms with Crippen molar-refractivity contribution in [2.75, 3.05) is 12.4 Å². The molecule has 154 valence electrons. The molecule has 0 radical (unpaired) electrons. The number of aryl methyl sites for hydroxylation is 1. The molecule has 0 amide bonds. The number of hydrogen-bond acceptors (Lipinski definition) is 2. The summed E-state index contributed by atoms with van der Waals surface area (Å²) in [7, 11) is 1.56. The molecule has 0 aliphatic heterocycles. The van der Waals surface area contributed by atoms with E-state index in [9.17, 15) is 13.2 Å². The van der Waals surface area contributed by atoms with E-state index in [-0.39, 0.29) is 5.69 Å². The topological polar surface area (TPSA) is 37.0 Å². The molecule has 2 N–H and O–H groups in total. The summed E-state index contributed by atoms with van der Waals surface area (Å²) in [5.41, 5.74) is 2.75. The highest BCUT2D eigenvalue weighted by Gasteiger charge is 2.34. The molecule has 1 atom stereocenters. The molecule has 0 spiro atoms. The first-order chi connectivity index (χ1) is 14.4. The summed E-state index contributed by atoms with van der Waals surface area (Å²) < 4.78 is 46.5. The first-order valence-electron chi connectivity index (χ1n) is 9.53. The highest BCUT2D eigenvalue weighted by atomic mass is 19.4. The minimum absolute atomic E-state index is 0.0191. The molecular formula is C24H21F3N2O. The number of H-pyrrole nitrogens is 1. The fourth-order valence-electron chi connectivity index (χ4n) is 3.89. The number of halogens is 3. The summed E-state index contributed by atoms with van der Waals surface area (Å²) in [5.74, 6) is 0.601. The van der Waals surface area contributed by atoms with Gasteiger partial charge in [0.25, 0.3) is 0 Å². The van der Waals surface area contributed by atoms with E-state index < -0.39 is 17.8 Å². The Labute approximate surface area is 172 Å². The number of ether oxygens (including phenoxy) is 1. The van der Waals surface area contributed by atoms with E-state index in [0.717, 1.165) is 33.8 Å². The van der Waals surface area contributed by atoms with Crippen molar-refractivity contribution < 1.29 is 17.9 Å². The highest BCUT2D eigenvalue weighted by molar-refractivity contribution is 5.86. The smallest absolute Gasteiger partial charge is 0.418 e. The standard InChI is InChI=1S/C24H21F3N2O/c1-15-22(16-9-3-6-12-19(16)28-15)23(17-10-4-8-14-21(17)30-2)29-20-13-7-5-11-18(20)24(25,26)27/h3-14,23,28-29H,1-2H3. The molecule has 0 fully saturated rings. The normalized spacial score (nSPS) is 12.7. The molecule has 0 saturated heterocycles. The molecule has 1 aromatic heterocycles. The van der Waals surface area contributed by atoms with Crippen LogP contribution in [0.3, 0.4) is 0 Å². The highest BCUT2D eigenvalue weighted by Crippen LogP contribution is 2.41. The molecular weight excluding hydrogens is 389 g/mol. The molecule has 0 bridgehead atoms. The minimum atomic E-state index is -4.47. The van der Waals surface area contributed by atoms with Gasteiger partial charge in [-0.3, -0.25) is 0 Å². The number of nitrogens with one attached hydrogen (secondary N) is 2. The average molecular weight is 410 g/mol. The van der Waals surface area contributed by atoms with E-state index in [1.165, 1.54) is 12.1 Å². The van der Waals surface area contributed by atoms with E-state index in [4.69, 9.17) is 4.74 Å². The molecule has 0 aliphatic carbocycles. The molecule has 1 heterocycles. The Morgan fingerprint density at radius 2 is 1.57 bits per heavy atom. The SMILES string of the molecule is COc1ccccc1C(Nc1ccccc1C(F)(F)F)c1c(C)[nH]c2ccccc12. The molecule has 0 saturated carbocycles. The second kappa shape index (κ2) is 7.78. The van der Waals surface area contributed by atoms with Gasteiger partial charge in [0.15, 0.2) is 0 Å². The first kappa shape index (κ1) is 19.9. The average Bonchev–Trinajstić information content (AvgIpc) is 3.07. The number of fused-ring (bicyclic) bond motifs is 1. The number of methoxy groups -OCH3 is 1. The van der Waals surface area contributed by atoms with Gasteiger partial charge in [-0.1, -0.05) is 48.5 Å². The number of benzene rings is 3. The van der Waals surface area contributed by atoms with Gasteiger partial charge in [0.2, 0.25) is 0 Å². The third-order valence-electron chi connectivity index (χ3n) is 5.21. The number of alkyl halides is 3. The summed E-state index contributed by atoms with van der Waals surface area (Å²) in [6.45, 7) is 1.93. The fourth-order valence-corrected chi connectivity index (χ4v) is 3.89. The van der Waals surface area contributed by atoms with Gasteiger partial charge in [0, 0.05) is 33.4 Å².